The maximum Gasteiger partial charge on any atom is 0.358 e. The summed E-state index contributed by atoms with van der Waals surface area (Å²) in [5, 5.41) is 3.62. The van der Waals surface area contributed by atoms with E-state index in [1.54, 1.807) is 25.3 Å². The molecule has 10 nitrogen and oxygen atoms in total. The summed E-state index contributed by atoms with van der Waals surface area (Å²) in [5.74, 6) is -0.737. The fourth-order valence-corrected chi connectivity index (χ4v) is 7.08. The number of benzene rings is 1. The maximum atomic E-state index is 14.3. The Balaban J connectivity index is 1.34. The van der Waals surface area contributed by atoms with Crippen LogP contribution in [0.15, 0.2) is 36.5 Å². The zero-order valence-electron chi connectivity index (χ0n) is 27.0. The molecule has 3 aliphatic rings. The monoisotopic (exact) mass is 620 g/mol. The number of nitrogens with zero attached hydrogens (tertiary/aromatic N) is 5. The molecule has 1 N–H and O–H groups in total. The Bertz CT molecular complexity index is 1560. The zero-order chi connectivity index (χ0) is 31.9. The minimum absolute atomic E-state index is 0.0498. The third-order valence-electron chi connectivity index (χ3n) is 9.38. The van der Waals surface area contributed by atoms with Gasteiger partial charge < -0.3 is 24.1 Å². The molecule has 3 atom stereocenters. The van der Waals surface area contributed by atoms with E-state index in [4.69, 9.17) is 14.5 Å². The molecule has 11 heteroatoms. The number of fused-ring (bicyclic) bond motifs is 3. The number of carbonyl (C=O) groups is 2. The first-order valence-corrected chi connectivity index (χ1v) is 16.1. The lowest BCUT2D eigenvalue weighted by Gasteiger charge is -2.43. The molecule has 0 radical (unpaired) electrons. The number of hydrogen-bond donors (Lipinski definition) is 1. The van der Waals surface area contributed by atoms with Crippen LogP contribution in [0.25, 0.3) is 5.65 Å². The Morgan fingerprint density at radius 1 is 1.18 bits per heavy atom. The first kappa shape index (κ1) is 31.6. The molecule has 0 aliphatic carbocycles. The van der Waals surface area contributed by atoms with Gasteiger partial charge in [-0.3, -0.25) is 14.6 Å². The molecule has 2 aromatic heterocycles. The summed E-state index contributed by atoms with van der Waals surface area (Å²) in [6, 6.07) is 9.26. The second-order valence-electron chi connectivity index (χ2n) is 13.4. The van der Waals surface area contributed by atoms with Crippen molar-refractivity contribution in [1.82, 2.24) is 24.5 Å². The smallest absolute Gasteiger partial charge is 0.358 e. The topological polar surface area (TPSA) is 91.7 Å². The molecule has 0 unspecified atom stereocenters. The number of esters is 1. The molecule has 3 aliphatic heterocycles. The van der Waals surface area contributed by atoms with Gasteiger partial charge in [-0.15, -0.1) is 0 Å². The number of ether oxygens (including phenoxy) is 2. The number of halogens is 1. The van der Waals surface area contributed by atoms with Crippen LogP contribution < -0.4 is 10.2 Å². The predicted octanol–water partition coefficient (Wildman–Crippen LogP) is 3.25. The Labute approximate surface area is 264 Å². The second-order valence-corrected chi connectivity index (χ2v) is 13.4. The zero-order valence-corrected chi connectivity index (χ0v) is 27.0. The van der Waals surface area contributed by atoms with E-state index in [2.05, 4.69) is 42.8 Å². The predicted molar refractivity (Wildman–Crippen MR) is 170 cm³/mol. The molecule has 242 valence electrons. The maximum absolute atomic E-state index is 14.3. The van der Waals surface area contributed by atoms with Crippen LogP contribution in [0, 0.1) is 5.82 Å². The first-order valence-electron chi connectivity index (χ1n) is 16.1. The van der Waals surface area contributed by atoms with Gasteiger partial charge in [-0.1, -0.05) is 26.0 Å². The van der Waals surface area contributed by atoms with Gasteiger partial charge in [0, 0.05) is 74.4 Å². The normalized spacial score (nSPS) is 23.8. The summed E-state index contributed by atoms with van der Waals surface area (Å²) in [6.07, 6.45) is 2.20. The van der Waals surface area contributed by atoms with Crippen LogP contribution in [-0.4, -0.2) is 108 Å². The third kappa shape index (κ3) is 6.49. The summed E-state index contributed by atoms with van der Waals surface area (Å²) in [7, 11) is 0. The van der Waals surface area contributed by atoms with Crippen molar-refractivity contribution < 1.29 is 23.5 Å². The minimum atomic E-state index is -0.486. The van der Waals surface area contributed by atoms with Crippen LogP contribution in [0.1, 0.15) is 61.9 Å². The van der Waals surface area contributed by atoms with Crippen molar-refractivity contribution in [2.45, 2.75) is 64.6 Å². The van der Waals surface area contributed by atoms with Crippen LogP contribution in [-0.2, 0) is 26.1 Å². The van der Waals surface area contributed by atoms with Gasteiger partial charge >= 0.3 is 5.97 Å². The fraction of sp³-hybridized carbons (Fsp3) is 0.559. The second kappa shape index (κ2) is 12.8. The minimum Gasteiger partial charge on any atom is -0.461 e. The molecule has 0 bridgehead atoms. The van der Waals surface area contributed by atoms with Gasteiger partial charge in [-0.25, -0.2) is 14.2 Å². The number of imidazole rings is 1. The lowest BCUT2D eigenvalue weighted by Crippen LogP contribution is -2.62. The van der Waals surface area contributed by atoms with Crippen molar-refractivity contribution in [3.63, 3.8) is 0 Å². The van der Waals surface area contributed by atoms with E-state index in [1.165, 1.54) is 12.1 Å². The molecule has 5 heterocycles. The number of aromatic nitrogens is 2. The molecule has 45 heavy (non-hydrogen) atoms. The van der Waals surface area contributed by atoms with Gasteiger partial charge in [-0.2, -0.15) is 0 Å². The van der Waals surface area contributed by atoms with E-state index >= 15 is 0 Å². The summed E-state index contributed by atoms with van der Waals surface area (Å²) < 4.78 is 26.6. The van der Waals surface area contributed by atoms with E-state index in [9.17, 15) is 14.0 Å². The van der Waals surface area contributed by atoms with Crippen molar-refractivity contribution in [2.75, 3.05) is 64.0 Å². The number of hydrogen-bond acceptors (Lipinski definition) is 8. The highest BCUT2D eigenvalue weighted by Gasteiger charge is 2.42. The molecular formula is C34H45FN6O4. The number of carbonyl (C=O) groups excluding carboxylic acids is 2. The molecule has 6 rings (SSSR count). The highest BCUT2D eigenvalue weighted by atomic mass is 19.1. The van der Waals surface area contributed by atoms with Crippen molar-refractivity contribution >= 4 is 23.2 Å². The lowest BCUT2D eigenvalue weighted by atomic mass is 9.90. The highest BCUT2D eigenvalue weighted by molar-refractivity contribution is 5.98. The van der Waals surface area contributed by atoms with Gasteiger partial charge in [0.25, 0.3) is 0 Å². The highest BCUT2D eigenvalue weighted by Crippen LogP contribution is 2.42. The number of piperazine rings is 1. The Kier molecular flexibility index (Phi) is 8.98. The number of rotatable bonds is 8. The van der Waals surface area contributed by atoms with E-state index in [0.717, 1.165) is 61.9 Å². The van der Waals surface area contributed by atoms with Crippen molar-refractivity contribution in [2.24, 2.45) is 0 Å². The average molecular weight is 621 g/mol. The van der Waals surface area contributed by atoms with Gasteiger partial charge in [0.05, 0.1) is 37.7 Å². The summed E-state index contributed by atoms with van der Waals surface area (Å²) in [4.78, 5) is 38.5. The summed E-state index contributed by atoms with van der Waals surface area (Å²) >= 11 is 0. The number of nitrogens with one attached hydrogen (secondary N) is 1. The number of anilines is 1. The van der Waals surface area contributed by atoms with Crippen LogP contribution in [0.4, 0.5) is 10.1 Å². The number of amides is 1. The molecule has 0 saturated carbocycles. The van der Waals surface area contributed by atoms with Gasteiger partial charge in [0.2, 0.25) is 5.91 Å². The summed E-state index contributed by atoms with van der Waals surface area (Å²) in [6.45, 7) is 16.3. The standard InChI is InChI=1S/C34H45FN6O4/c1-6-45-33(43)28-18-40-31-29(14-25(32(40)37-28)13-24-7-9-26(35)10-8-24)41(21-34(31,4)5)30(42)19-39-16-22(2)36-15-27(39)17-38-11-12-44-20-23(38)3/h7-10,14,18,22-23,27,36H,6,11-13,15-17,19-21H2,1-5H3/t22-,23-,27-/m1/s1. The molecular weight excluding hydrogens is 575 g/mol. The van der Waals surface area contributed by atoms with Crippen molar-refractivity contribution in [3.8, 4) is 0 Å². The molecule has 0 spiro atoms. The molecule has 2 fully saturated rings. The molecule has 1 aromatic carbocycles. The van der Waals surface area contributed by atoms with Crippen LogP contribution >= 0.6 is 0 Å². The first-order chi connectivity index (χ1) is 21.5. The van der Waals surface area contributed by atoms with Crippen LogP contribution in [0.3, 0.4) is 0 Å². The van der Waals surface area contributed by atoms with E-state index < -0.39 is 11.4 Å². The van der Waals surface area contributed by atoms with Gasteiger partial charge in [0.1, 0.15) is 11.5 Å². The Morgan fingerprint density at radius 3 is 2.69 bits per heavy atom. The Morgan fingerprint density at radius 2 is 1.96 bits per heavy atom. The molecule has 2 saturated heterocycles. The lowest BCUT2D eigenvalue weighted by molar-refractivity contribution is -0.121. The Hall–Kier alpha value is -3.38. The van der Waals surface area contributed by atoms with Crippen molar-refractivity contribution in [1.29, 1.82) is 0 Å². The summed E-state index contributed by atoms with van der Waals surface area (Å²) in [5.41, 5.74) is 3.97. The SMILES string of the molecule is CCOC(=O)c1cn2c3c(cc(Cc4ccc(F)cc4)c2n1)N(C(=O)CN1C[C@@H](C)NC[C@@H]1CN1CCOC[C@H]1C)CC3(C)C. The number of pyridine rings is 1. The van der Waals surface area contributed by atoms with Gasteiger partial charge in [-0.05, 0) is 44.5 Å². The number of morpholine rings is 1. The largest absolute Gasteiger partial charge is 0.461 e. The van der Waals surface area contributed by atoms with Crippen LogP contribution in [0.2, 0.25) is 0 Å². The van der Waals surface area contributed by atoms with Gasteiger partial charge in [0.15, 0.2) is 5.69 Å². The van der Waals surface area contributed by atoms with E-state index in [0.29, 0.717) is 31.2 Å². The quantitative estimate of drug-likeness (QED) is 0.384. The fourth-order valence-electron chi connectivity index (χ4n) is 7.08. The molecule has 1 amide bonds. The van der Waals surface area contributed by atoms with Crippen molar-refractivity contribution in [3.05, 3.63) is 64.9 Å². The van der Waals surface area contributed by atoms with E-state index in [1.807, 2.05) is 15.4 Å². The van der Waals surface area contributed by atoms with E-state index in [-0.39, 0.29) is 36.1 Å². The third-order valence-corrected chi connectivity index (χ3v) is 9.38. The average Bonchev–Trinajstić information content (AvgIpc) is 3.56. The molecule has 3 aromatic rings. The van der Waals surface area contributed by atoms with Crippen LogP contribution in [0.5, 0.6) is 0 Å².